The Hall–Kier alpha value is -0.790. The smallest absolute Gasteiger partial charge is 0.311 e. The first-order chi connectivity index (χ1) is 10.8. The van der Waals surface area contributed by atoms with Gasteiger partial charge < -0.3 is 4.74 Å². The van der Waals surface area contributed by atoms with Crippen LogP contribution in [0.3, 0.4) is 0 Å². The molecule has 130 valence electrons. The zero-order valence-corrected chi connectivity index (χ0v) is 15.7. The van der Waals surface area contributed by atoms with Crippen LogP contribution in [0.2, 0.25) is 0 Å². The highest BCUT2D eigenvalue weighted by molar-refractivity contribution is 5.77. The Kier molecular flexibility index (Phi) is 4.18. The third-order valence-electron chi connectivity index (χ3n) is 7.94. The number of methoxy groups -OCH3 is 1. The van der Waals surface area contributed by atoms with E-state index in [-0.39, 0.29) is 16.8 Å². The third kappa shape index (κ3) is 2.48. The molecule has 0 amide bonds. The van der Waals surface area contributed by atoms with Gasteiger partial charge in [0, 0.05) is 0 Å². The Morgan fingerprint density at radius 1 is 1.22 bits per heavy atom. The van der Waals surface area contributed by atoms with Crippen LogP contribution in [0.5, 0.6) is 0 Å². The molecule has 0 bridgehead atoms. The molecule has 5 unspecified atom stereocenters. The van der Waals surface area contributed by atoms with Crippen LogP contribution in [0, 0.1) is 28.1 Å². The van der Waals surface area contributed by atoms with Gasteiger partial charge in [-0.3, -0.25) is 4.79 Å². The van der Waals surface area contributed by atoms with Crippen LogP contribution in [-0.2, 0) is 9.53 Å². The molecule has 5 atom stereocenters. The second-order valence-corrected chi connectivity index (χ2v) is 9.18. The van der Waals surface area contributed by atoms with Gasteiger partial charge in [-0.05, 0) is 74.5 Å². The van der Waals surface area contributed by atoms with Crippen LogP contribution in [0.15, 0.2) is 11.6 Å². The van der Waals surface area contributed by atoms with Gasteiger partial charge in [0.2, 0.25) is 0 Å². The second kappa shape index (κ2) is 5.63. The fraction of sp³-hybridized carbons (Fsp3) is 0.857. The first-order valence-electron chi connectivity index (χ1n) is 9.59. The maximum atomic E-state index is 12.6. The van der Waals surface area contributed by atoms with Crippen molar-refractivity contribution < 1.29 is 9.53 Å². The number of fused-ring (bicyclic) bond motifs is 3. The van der Waals surface area contributed by atoms with E-state index in [4.69, 9.17) is 4.74 Å². The van der Waals surface area contributed by atoms with Gasteiger partial charge in [0.15, 0.2) is 0 Å². The van der Waals surface area contributed by atoms with Crippen LogP contribution in [0.1, 0.15) is 79.1 Å². The zero-order valence-electron chi connectivity index (χ0n) is 15.7. The van der Waals surface area contributed by atoms with Crippen molar-refractivity contribution in [1.29, 1.82) is 0 Å². The number of esters is 1. The quantitative estimate of drug-likeness (QED) is 0.495. The minimum atomic E-state index is -0.279. The topological polar surface area (TPSA) is 26.3 Å². The average molecular weight is 319 g/mol. The van der Waals surface area contributed by atoms with Crippen LogP contribution >= 0.6 is 0 Å². The summed E-state index contributed by atoms with van der Waals surface area (Å²) >= 11 is 0. The van der Waals surface area contributed by atoms with Crippen LogP contribution < -0.4 is 0 Å². The highest BCUT2D eigenvalue weighted by Crippen LogP contribution is 2.64. The molecule has 2 heteroatoms. The number of carbonyl (C=O) groups is 1. The first kappa shape index (κ1) is 17.0. The molecule has 0 saturated heterocycles. The Bertz CT molecular complexity index is 522. The van der Waals surface area contributed by atoms with Gasteiger partial charge in [-0.1, -0.05) is 38.8 Å². The van der Waals surface area contributed by atoms with E-state index >= 15 is 0 Å². The summed E-state index contributed by atoms with van der Waals surface area (Å²) in [6, 6.07) is 0. The lowest BCUT2D eigenvalue weighted by Gasteiger charge is -2.59. The normalized spacial score (nSPS) is 46.4. The summed E-state index contributed by atoms with van der Waals surface area (Å²) in [6.45, 7) is 9.39. The van der Waals surface area contributed by atoms with Crippen molar-refractivity contribution in [2.45, 2.75) is 79.1 Å². The number of hydrogen-bond acceptors (Lipinski definition) is 2. The van der Waals surface area contributed by atoms with Gasteiger partial charge in [0.05, 0.1) is 12.5 Å². The molecule has 0 spiro atoms. The lowest BCUT2D eigenvalue weighted by molar-refractivity contribution is -0.168. The van der Waals surface area contributed by atoms with E-state index in [1.165, 1.54) is 32.1 Å². The second-order valence-electron chi connectivity index (χ2n) is 9.18. The maximum Gasteiger partial charge on any atom is 0.311 e. The molecular formula is C21H34O2. The lowest BCUT2D eigenvalue weighted by atomic mass is 9.45. The predicted molar refractivity (Wildman–Crippen MR) is 94.0 cm³/mol. The van der Waals surface area contributed by atoms with Crippen molar-refractivity contribution in [2.75, 3.05) is 7.11 Å². The van der Waals surface area contributed by atoms with Crippen LogP contribution in [0.4, 0.5) is 0 Å². The van der Waals surface area contributed by atoms with Crippen LogP contribution in [0.25, 0.3) is 0 Å². The van der Waals surface area contributed by atoms with Gasteiger partial charge in [0.1, 0.15) is 0 Å². The monoisotopic (exact) mass is 318 g/mol. The molecule has 0 heterocycles. The molecule has 0 aliphatic heterocycles. The van der Waals surface area contributed by atoms with Crippen molar-refractivity contribution in [3.8, 4) is 0 Å². The average Bonchev–Trinajstić information content (AvgIpc) is 2.53. The largest absolute Gasteiger partial charge is 0.469 e. The lowest BCUT2D eigenvalue weighted by Crippen LogP contribution is -2.54. The van der Waals surface area contributed by atoms with E-state index in [2.05, 4.69) is 33.8 Å². The van der Waals surface area contributed by atoms with E-state index in [0.717, 1.165) is 19.3 Å². The molecule has 3 rings (SSSR count). The molecule has 2 saturated carbocycles. The molecule has 0 aromatic heterocycles. The predicted octanol–water partition coefficient (Wildman–Crippen LogP) is 5.52. The number of hydrogen-bond donors (Lipinski definition) is 0. The highest BCUT2D eigenvalue weighted by Gasteiger charge is 2.58. The minimum absolute atomic E-state index is 0.0232. The minimum Gasteiger partial charge on any atom is -0.469 e. The third-order valence-corrected chi connectivity index (χ3v) is 7.94. The summed E-state index contributed by atoms with van der Waals surface area (Å²) in [5.74, 6) is 1.18. The number of rotatable bonds is 2. The van der Waals surface area contributed by atoms with E-state index in [1.54, 1.807) is 12.7 Å². The summed E-state index contributed by atoms with van der Waals surface area (Å²) in [6.07, 6.45) is 12.2. The van der Waals surface area contributed by atoms with E-state index in [1.807, 2.05) is 0 Å². The Balaban J connectivity index is 1.96. The number of allylic oxidation sites excluding steroid dienone is 2. The Labute approximate surface area is 142 Å². The van der Waals surface area contributed by atoms with Crippen molar-refractivity contribution in [2.24, 2.45) is 28.1 Å². The summed E-state index contributed by atoms with van der Waals surface area (Å²) < 4.78 is 5.22. The van der Waals surface area contributed by atoms with E-state index in [0.29, 0.717) is 17.3 Å². The number of ether oxygens (including phenoxy) is 1. The molecule has 0 aromatic carbocycles. The molecule has 0 aromatic rings. The molecular weight excluding hydrogens is 284 g/mol. The Morgan fingerprint density at radius 3 is 2.61 bits per heavy atom. The van der Waals surface area contributed by atoms with Crippen molar-refractivity contribution in [3.05, 3.63) is 11.6 Å². The SMILES string of the molecule is CCC1(C)C=C2CCC3C(C)(C(=O)OC)CCCC3(C)C2CC1. The molecule has 3 aliphatic carbocycles. The number of carbonyl (C=O) groups excluding carboxylic acids is 1. The standard InChI is InChI=1S/C21H34O2/c1-6-19(2)13-10-16-15(14-19)8-9-17-20(16,3)11-7-12-21(17,4)18(22)23-5/h14,16-17H,6-13H2,1-5H3. The summed E-state index contributed by atoms with van der Waals surface area (Å²) in [4.78, 5) is 12.6. The fourth-order valence-electron chi connectivity index (χ4n) is 6.32. The van der Waals surface area contributed by atoms with Gasteiger partial charge in [-0.25, -0.2) is 0 Å². The Morgan fingerprint density at radius 2 is 1.96 bits per heavy atom. The van der Waals surface area contributed by atoms with Crippen molar-refractivity contribution >= 4 is 5.97 Å². The summed E-state index contributed by atoms with van der Waals surface area (Å²) in [5, 5.41) is 0. The van der Waals surface area contributed by atoms with Crippen molar-refractivity contribution in [3.63, 3.8) is 0 Å². The van der Waals surface area contributed by atoms with Crippen molar-refractivity contribution in [1.82, 2.24) is 0 Å². The molecule has 2 fully saturated rings. The molecule has 0 N–H and O–H groups in total. The van der Waals surface area contributed by atoms with Gasteiger partial charge in [-0.2, -0.15) is 0 Å². The van der Waals surface area contributed by atoms with Gasteiger partial charge in [0.25, 0.3) is 0 Å². The van der Waals surface area contributed by atoms with Crippen LogP contribution in [-0.4, -0.2) is 13.1 Å². The molecule has 3 aliphatic rings. The molecule has 0 radical (unpaired) electrons. The summed E-state index contributed by atoms with van der Waals surface area (Å²) in [7, 11) is 1.56. The molecule has 23 heavy (non-hydrogen) atoms. The summed E-state index contributed by atoms with van der Waals surface area (Å²) in [5.41, 5.74) is 2.10. The zero-order chi connectivity index (χ0) is 16.9. The molecule has 2 nitrogen and oxygen atoms in total. The van der Waals surface area contributed by atoms with E-state index < -0.39 is 0 Å². The maximum absolute atomic E-state index is 12.6. The fourth-order valence-corrected chi connectivity index (χ4v) is 6.32. The van der Waals surface area contributed by atoms with E-state index in [9.17, 15) is 4.79 Å². The first-order valence-corrected chi connectivity index (χ1v) is 9.59. The van der Waals surface area contributed by atoms with Gasteiger partial charge in [-0.15, -0.1) is 0 Å². The highest BCUT2D eigenvalue weighted by atomic mass is 16.5. The van der Waals surface area contributed by atoms with Gasteiger partial charge >= 0.3 is 5.97 Å².